The van der Waals surface area contributed by atoms with Crippen LogP contribution in [-0.2, 0) is 0 Å². The SMILES string of the molecule is CC(C)[C@@H](N)c1ccc(C(F)F)c(F)c1. The van der Waals surface area contributed by atoms with Crippen molar-refractivity contribution >= 4 is 0 Å². The maximum absolute atomic E-state index is 13.2. The summed E-state index contributed by atoms with van der Waals surface area (Å²) in [5.74, 6) is -0.750. The van der Waals surface area contributed by atoms with E-state index in [0.29, 0.717) is 5.56 Å². The summed E-state index contributed by atoms with van der Waals surface area (Å²) in [6.45, 7) is 3.78. The first kappa shape index (κ1) is 12.0. The monoisotopic (exact) mass is 217 g/mol. The zero-order valence-electron chi connectivity index (χ0n) is 8.68. The fourth-order valence-electron chi connectivity index (χ4n) is 1.31. The summed E-state index contributed by atoms with van der Waals surface area (Å²) in [5, 5.41) is 0. The molecular weight excluding hydrogens is 203 g/mol. The van der Waals surface area contributed by atoms with Crippen LogP contribution in [0.15, 0.2) is 18.2 Å². The van der Waals surface area contributed by atoms with Crippen molar-refractivity contribution in [2.24, 2.45) is 11.7 Å². The molecule has 1 aromatic carbocycles. The molecule has 1 rings (SSSR count). The molecule has 2 N–H and O–H groups in total. The van der Waals surface area contributed by atoms with Gasteiger partial charge >= 0.3 is 0 Å². The van der Waals surface area contributed by atoms with E-state index in [0.717, 1.165) is 12.1 Å². The van der Waals surface area contributed by atoms with Crippen molar-refractivity contribution < 1.29 is 13.2 Å². The molecule has 4 heteroatoms. The smallest absolute Gasteiger partial charge is 0.266 e. The summed E-state index contributed by atoms with van der Waals surface area (Å²) in [5.41, 5.74) is 5.75. The molecular formula is C11H14F3N. The van der Waals surface area contributed by atoms with Gasteiger partial charge in [0.05, 0.1) is 5.56 Å². The Bertz CT molecular complexity index is 337. The van der Waals surface area contributed by atoms with Gasteiger partial charge in [0.2, 0.25) is 0 Å². The Morgan fingerprint density at radius 2 is 1.80 bits per heavy atom. The number of benzene rings is 1. The van der Waals surface area contributed by atoms with Gasteiger partial charge in [0, 0.05) is 6.04 Å². The van der Waals surface area contributed by atoms with Gasteiger partial charge in [0.25, 0.3) is 6.43 Å². The molecule has 0 aliphatic carbocycles. The fourth-order valence-corrected chi connectivity index (χ4v) is 1.31. The van der Waals surface area contributed by atoms with Gasteiger partial charge in [-0.3, -0.25) is 0 Å². The summed E-state index contributed by atoms with van der Waals surface area (Å²) in [6.07, 6.45) is -2.78. The standard InChI is InChI=1S/C11H14F3N/c1-6(2)10(15)7-3-4-8(11(13)14)9(12)5-7/h3-6,10-11H,15H2,1-2H3/t10-/m1/s1. The molecule has 0 unspecified atom stereocenters. The summed E-state index contributed by atoms with van der Waals surface area (Å²) >= 11 is 0. The lowest BCUT2D eigenvalue weighted by Gasteiger charge is -2.16. The van der Waals surface area contributed by atoms with Crippen LogP contribution in [0.25, 0.3) is 0 Å². The molecule has 0 radical (unpaired) electrons. The maximum atomic E-state index is 13.2. The van der Waals surface area contributed by atoms with Crippen LogP contribution in [0.5, 0.6) is 0 Å². The van der Waals surface area contributed by atoms with E-state index in [1.165, 1.54) is 6.07 Å². The normalized spacial score (nSPS) is 13.6. The van der Waals surface area contributed by atoms with E-state index in [9.17, 15) is 13.2 Å². The van der Waals surface area contributed by atoms with Gasteiger partial charge in [0.15, 0.2) is 0 Å². The average Bonchev–Trinajstić information content (AvgIpc) is 2.15. The molecule has 0 fully saturated rings. The number of hydrogen-bond donors (Lipinski definition) is 1. The topological polar surface area (TPSA) is 26.0 Å². The molecule has 15 heavy (non-hydrogen) atoms. The van der Waals surface area contributed by atoms with Gasteiger partial charge in [0.1, 0.15) is 5.82 Å². The lowest BCUT2D eigenvalue weighted by atomic mass is 9.96. The van der Waals surface area contributed by atoms with Crippen LogP contribution in [0.2, 0.25) is 0 Å². The van der Waals surface area contributed by atoms with Crippen molar-refractivity contribution in [3.63, 3.8) is 0 Å². The maximum Gasteiger partial charge on any atom is 0.266 e. The van der Waals surface area contributed by atoms with Crippen LogP contribution in [0.1, 0.15) is 37.4 Å². The second-order valence-electron chi connectivity index (χ2n) is 3.85. The predicted octanol–water partition coefficient (Wildman–Crippen LogP) is 3.42. The number of halogens is 3. The Kier molecular flexibility index (Phi) is 3.74. The van der Waals surface area contributed by atoms with Crippen LogP contribution in [0.3, 0.4) is 0 Å². The molecule has 0 aromatic heterocycles. The van der Waals surface area contributed by atoms with E-state index in [4.69, 9.17) is 5.73 Å². The van der Waals surface area contributed by atoms with Crippen LogP contribution in [0, 0.1) is 11.7 Å². The van der Waals surface area contributed by atoms with Crippen molar-refractivity contribution in [3.8, 4) is 0 Å². The summed E-state index contributed by atoms with van der Waals surface area (Å²) in [7, 11) is 0. The minimum absolute atomic E-state index is 0.141. The molecule has 0 heterocycles. The zero-order chi connectivity index (χ0) is 11.6. The van der Waals surface area contributed by atoms with Crippen molar-refractivity contribution in [2.45, 2.75) is 26.3 Å². The third-order valence-corrected chi connectivity index (χ3v) is 2.36. The van der Waals surface area contributed by atoms with Crippen LogP contribution < -0.4 is 5.73 Å². The Labute approximate surface area is 87.1 Å². The van der Waals surface area contributed by atoms with E-state index < -0.39 is 17.8 Å². The van der Waals surface area contributed by atoms with Gasteiger partial charge in [-0.25, -0.2) is 13.2 Å². The molecule has 0 saturated heterocycles. The highest BCUT2D eigenvalue weighted by Gasteiger charge is 2.16. The molecule has 0 spiro atoms. The van der Waals surface area contributed by atoms with Crippen molar-refractivity contribution in [1.29, 1.82) is 0 Å². The van der Waals surface area contributed by atoms with Gasteiger partial charge < -0.3 is 5.73 Å². The molecule has 0 saturated carbocycles. The average molecular weight is 217 g/mol. The number of hydrogen-bond acceptors (Lipinski definition) is 1. The van der Waals surface area contributed by atoms with Gasteiger partial charge in [-0.05, 0) is 17.5 Å². The van der Waals surface area contributed by atoms with E-state index in [1.807, 2.05) is 13.8 Å². The second kappa shape index (κ2) is 4.66. The molecule has 1 atom stereocenters. The Hall–Kier alpha value is -1.03. The van der Waals surface area contributed by atoms with E-state index in [-0.39, 0.29) is 12.0 Å². The first-order valence-corrected chi connectivity index (χ1v) is 4.76. The Morgan fingerprint density at radius 3 is 2.20 bits per heavy atom. The number of rotatable bonds is 3. The van der Waals surface area contributed by atoms with Crippen molar-refractivity contribution in [3.05, 3.63) is 35.1 Å². The van der Waals surface area contributed by atoms with E-state index >= 15 is 0 Å². The molecule has 0 aliphatic rings. The first-order chi connectivity index (χ1) is 6.93. The lowest BCUT2D eigenvalue weighted by Crippen LogP contribution is -2.17. The molecule has 1 nitrogen and oxygen atoms in total. The fraction of sp³-hybridized carbons (Fsp3) is 0.455. The Morgan fingerprint density at radius 1 is 1.20 bits per heavy atom. The van der Waals surface area contributed by atoms with Gasteiger partial charge in [-0.15, -0.1) is 0 Å². The summed E-state index contributed by atoms with van der Waals surface area (Å²) in [6, 6.07) is 3.31. The molecule has 0 aliphatic heterocycles. The highest BCUT2D eigenvalue weighted by atomic mass is 19.3. The number of nitrogens with two attached hydrogens (primary N) is 1. The van der Waals surface area contributed by atoms with Crippen LogP contribution >= 0.6 is 0 Å². The predicted molar refractivity (Wildman–Crippen MR) is 53.1 cm³/mol. The molecule has 0 bridgehead atoms. The largest absolute Gasteiger partial charge is 0.324 e. The van der Waals surface area contributed by atoms with Crippen molar-refractivity contribution in [2.75, 3.05) is 0 Å². The van der Waals surface area contributed by atoms with Gasteiger partial charge in [-0.2, -0.15) is 0 Å². The highest BCUT2D eigenvalue weighted by molar-refractivity contribution is 5.27. The molecule has 1 aromatic rings. The van der Waals surface area contributed by atoms with Crippen LogP contribution in [-0.4, -0.2) is 0 Å². The number of alkyl halides is 2. The quantitative estimate of drug-likeness (QED) is 0.824. The van der Waals surface area contributed by atoms with Crippen molar-refractivity contribution in [1.82, 2.24) is 0 Å². The Balaban J connectivity index is 3.01. The first-order valence-electron chi connectivity index (χ1n) is 4.76. The zero-order valence-corrected chi connectivity index (χ0v) is 8.68. The summed E-state index contributed by atoms with van der Waals surface area (Å²) < 4.78 is 37.7. The second-order valence-corrected chi connectivity index (χ2v) is 3.85. The van der Waals surface area contributed by atoms with Gasteiger partial charge in [-0.1, -0.05) is 26.0 Å². The third-order valence-electron chi connectivity index (χ3n) is 2.36. The minimum atomic E-state index is -2.78. The van der Waals surface area contributed by atoms with E-state index in [1.54, 1.807) is 0 Å². The summed E-state index contributed by atoms with van der Waals surface area (Å²) in [4.78, 5) is 0. The lowest BCUT2D eigenvalue weighted by molar-refractivity contribution is 0.146. The molecule has 84 valence electrons. The molecule has 0 amide bonds. The minimum Gasteiger partial charge on any atom is -0.324 e. The van der Waals surface area contributed by atoms with Crippen LogP contribution in [0.4, 0.5) is 13.2 Å². The van der Waals surface area contributed by atoms with E-state index in [2.05, 4.69) is 0 Å². The third kappa shape index (κ3) is 2.72. The highest BCUT2D eigenvalue weighted by Crippen LogP contribution is 2.26.